The minimum absolute atomic E-state index is 0. The van der Waals surface area contributed by atoms with Crippen LogP contribution >= 0.6 is 7.60 Å². The molecule has 0 aromatic heterocycles. The Balaban J connectivity index is 0.00000121. The van der Waals surface area contributed by atoms with Gasteiger partial charge in [-0.15, -0.1) is 0 Å². The molecule has 0 saturated carbocycles. The van der Waals surface area contributed by atoms with Gasteiger partial charge in [0.2, 0.25) is 0 Å². The first-order valence-corrected chi connectivity index (χ1v) is 4.74. The molecule has 1 aromatic carbocycles. The molecule has 0 heterocycles. The van der Waals surface area contributed by atoms with Crippen LogP contribution in [-0.2, 0) is 4.57 Å². The summed E-state index contributed by atoms with van der Waals surface area (Å²) in [7, 11) is -4.04. The molecule has 0 aliphatic heterocycles. The van der Waals surface area contributed by atoms with Gasteiger partial charge in [0.25, 0.3) is 0 Å². The van der Waals surface area contributed by atoms with Crippen molar-refractivity contribution >= 4 is 42.5 Å². The Kier molecular flexibility index (Phi) is 4.70. The van der Waals surface area contributed by atoms with Crippen LogP contribution in [0.4, 0.5) is 0 Å². The first-order valence-electron chi connectivity index (χ1n) is 3.13. The molecule has 0 atom stereocenters. The third-order valence-electron chi connectivity index (χ3n) is 1.37. The summed E-state index contributed by atoms with van der Waals surface area (Å²) in [5, 5.41) is 0.0723. The zero-order valence-corrected chi connectivity index (χ0v) is 6.95. The van der Waals surface area contributed by atoms with E-state index in [1.165, 1.54) is 12.1 Å². The molecule has 0 amide bonds. The van der Waals surface area contributed by atoms with E-state index in [0.29, 0.717) is 0 Å². The number of hydrogen-bond donors (Lipinski definition) is 2. The van der Waals surface area contributed by atoms with Crippen LogP contribution in [-0.4, -0.2) is 39.3 Å². The van der Waals surface area contributed by atoms with Crippen LogP contribution in [0, 0.1) is 6.92 Å². The van der Waals surface area contributed by atoms with E-state index in [1.807, 2.05) is 6.92 Å². The average Bonchev–Trinajstić information content (AvgIpc) is 1.86. The molecule has 1 aromatic rings. The first-order chi connectivity index (χ1) is 5.00. The van der Waals surface area contributed by atoms with E-state index in [2.05, 4.69) is 0 Å². The normalized spacial score (nSPS) is 10.6. The maximum absolute atomic E-state index is 10.6. The molecule has 62 valence electrons. The van der Waals surface area contributed by atoms with Gasteiger partial charge in [-0.25, -0.2) is 0 Å². The first kappa shape index (κ1) is 12.4. The van der Waals surface area contributed by atoms with Gasteiger partial charge in [0.05, 0.1) is 5.30 Å². The van der Waals surface area contributed by atoms with Crippen LogP contribution < -0.4 is 5.30 Å². The summed E-state index contributed by atoms with van der Waals surface area (Å²) in [5.74, 6) is 0. The second kappa shape index (κ2) is 4.56. The minimum atomic E-state index is -4.04. The topological polar surface area (TPSA) is 57.5 Å². The molecule has 0 spiro atoms. The van der Waals surface area contributed by atoms with E-state index in [1.54, 1.807) is 12.1 Å². The van der Waals surface area contributed by atoms with E-state index >= 15 is 0 Å². The van der Waals surface area contributed by atoms with Crippen molar-refractivity contribution in [3.63, 3.8) is 0 Å². The predicted octanol–water partition coefficient (Wildman–Crippen LogP) is 0.150. The third kappa shape index (κ3) is 3.40. The van der Waals surface area contributed by atoms with Crippen molar-refractivity contribution in [1.29, 1.82) is 0 Å². The Labute approximate surface area is 93.3 Å². The number of rotatable bonds is 1. The zero-order chi connectivity index (χ0) is 8.48. The van der Waals surface area contributed by atoms with Crippen molar-refractivity contribution in [2.45, 2.75) is 6.92 Å². The second-order valence-electron chi connectivity index (χ2n) is 2.38. The standard InChI is InChI=1S/C7H9O3P.Na.H/c1-6-2-4-7(5-3-6)11(8,9)10;;/h2-5H,1H3,(H2,8,9,10);;. The molecule has 3 nitrogen and oxygen atoms in total. The van der Waals surface area contributed by atoms with Gasteiger partial charge in [-0.1, -0.05) is 17.7 Å². The quantitative estimate of drug-likeness (QED) is 0.496. The molecule has 5 heteroatoms. The van der Waals surface area contributed by atoms with Gasteiger partial charge in [0.15, 0.2) is 0 Å². The van der Waals surface area contributed by atoms with Crippen molar-refractivity contribution in [3.05, 3.63) is 29.8 Å². The molecule has 0 bridgehead atoms. The zero-order valence-electron chi connectivity index (χ0n) is 6.06. The third-order valence-corrected chi connectivity index (χ3v) is 2.34. The van der Waals surface area contributed by atoms with E-state index in [0.717, 1.165) is 5.56 Å². The van der Waals surface area contributed by atoms with Gasteiger partial charge < -0.3 is 9.79 Å². The van der Waals surface area contributed by atoms with Gasteiger partial charge in [-0.2, -0.15) is 0 Å². The molecule has 0 fully saturated rings. The van der Waals surface area contributed by atoms with Crippen LogP contribution in [0.15, 0.2) is 24.3 Å². The molecule has 12 heavy (non-hydrogen) atoms. The summed E-state index contributed by atoms with van der Waals surface area (Å²) in [4.78, 5) is 17.4. The Morgan fingerprint density at radius 1 is 1.17 bits per heavy atom. The maximum atomic E-state index is 10.6. The monoisotopic (exact) mass is 196 g/mol. The summed E-state index contributed by atoms with van der Waals surface area (Å²) < 4.78 is 10.6. The van der Waals surface area contributed by atoms with Crippen LogP contribution in [0.2, 0.25) is 0 Å². The van der Waals surface area contributed by atoms with Crippen molar-refractivity contribution in [2.24, 2.45) is 0 Å². The summed E-state index contributed by atoms with van der Waals surface area (Å²) >= 11 is 0. The number of aryl methyl sites for hydroxylation is 1. The van der Waals surface area contributed by atoms with Crippen molar-refractivity contribution in [3.8, 4) is 0 Å². The van der Waals surface area contributed by atoms with Crippen molar-refractivity contribution in [1.82, 2.24) is 0 Å². The fourth-order valence-corrected chi connectivity index (χ4v) is 1.28. The molecule has 0 aliphatic rings. The van der Waals surface area contributed by atoms with E-state index in [-0.39, 0.29) is 34.9 Å². The molecule has 0 aliphatic carbocycles. The van der Waals surface area contributed by atoms with E-state index in [9.17, 15) is 4.57 Å². The van der Waals surface area contributed by atoms with E-state index in [4.69, 9.17) is 9.79 Å². The Bertz CT molecular complexity index is 290. The molecule has 0 radical (unpaired) electrons. The Hall–Kier alpha value is 0.370. The van der Waals surface area contributed by atoms with Gasteiger partial charge in [-0.05, 0) is 19.1 Å². The van der Waals surface area contributed by atoms with Gasteiger partial charge in [0.1, 0.15) is 0 Å². The fraction of sp³-hybridized carbons (Fsp3) is 0.143. The van der Waals surface area contributed by atoms with Crippen LogP contribution in [0.25, 0.3) is 0 Å². The van der Waals surface area contributed by atoms with Gasteiger partial charge in [0, 0.05) is 0 Å². The molecular weight excluding hydrogens is 186 g/mol. The Morgan fingerprint density at radius 3 is 1.92 bits per heavy atom. The van der Waals surface area contributed by atoms with Crippen molar-refractivity contribution in [2.75, 3.05) is 0 Å². The van der Waals surface area contributed by atoms with Crippen LogP contribution in [0.5, 0.6) is 0 Å². The van der Waals surface area contributed by atoms with Gasteiger partial charge in [-0.3, -0.25) is 4.57 Å². The SMILES string of the molecule is Cc1ccc(P(=O)(O)O)cc1.[NaH]. The molecule has 1 rings (SSSR count). The van der Waals surface area contributed by atoms with Crippen LogP contribution in [0.3, 0.4) is 0 Å². The molecule has 0 unspecified atom stereocenters. The fourth-order valence-electron chi connectivity index (χ4n) is 0.739. The average molecular weight is 196 g/mol. The van der Waals surface area contributed by atoms with Crippen molar-refractivity contribution < 1.29 is 14.4 Å². The number of benzene rings is 1. The Morgan fingerprint density at radius 2 is 1.58 bits per heavy atom. The predicted molar refractivity (Wildman–Crippen MR) is 50.0 cm³/mol. The summed E-state index contributed by atoms with van der Waals surface area (Å²) in [6.45, 7) is 1.86. The summed E-state index contributed by atoms with van der Waals surface area (Å²) in [6, 6.07) is 6.23. The molecular formula is C7H10NaO3P. The van der Waals surface area contributed by atoms with Gasteiger partial charge >= 0.3 is 37.2 Å². The molecule has 2 N–H and O–H groups in total. The molecule has 0 saturated heterocycles. The summed E-state index contributed by atoms with van der Waals surface area (Å²) in [5.41, 5.74) is 0.988. The summed E-state index contributed by atoms with van der Waals surface area (Å²) in [6.07, 6.45) is 0. The van der Waals surface area contributed by atoms with E-state index < -0.39 is 7.60 Å². The number of hydrogen-bond acceptors (Lipinski definition) is 1. The van der Waals surface area contributed by atoms with Crippen LogP contribution in [0.1, 0.15) is 5.56 Å². The second-order valence-corrected chi connectivity index (χ2v) is 3.98.